The van der Waals surface area contributed by atoms with Crippen LogP contribution in [0.3, 0.4) is 0 Å². The number of benzene rings is 1. The van der Waals surface area contributed by atoms with Crippen molar-refractivity contribution in [2.45, 2.75) is 19.8 Å². The van der Waals surface area contributed by atoms with Gasteiger partial charge in [-0.05, 0) is 55.8 Å². The summed E-state index contributed by atoms with van der Waals surface area (Å²) in [5, 5.41) is 10.1. The molecular weight excluding hydrogens is 280 g/mol. The lowest BCUT2D eigenvalue weighted by Crippen LogP contribution is -2.01. The maximum Gasteiger partial charge on any atom is 0.160 e. The number of hydrogen-bond donors (Lipinski definition) is 1. The van der Waals surface area contributed by atoms with E-state index >= 15 is 0 Å². The summed E-state index contributed by atoms with van der Waals surface area (Å²) >= 11 is 0. The summed E-state index contributed by atoms with van der Waals surface area (Å²) in [5.74, 6) is 3.54. The summed E-state index contributed by atoms with van der Waals surface area (Å²) in [5.41, 5.74) is 0.877. The molecule has 1 aromatic carbocycles. The fourth-order valence-electron chi connectivity index (χ4n) is 2.57. The van der Waals surface area contributed by atoms with E-state index in [9.17, 15) is 5.11 Å². The standard InChI is InChI=1S/C18H18O4/c1-11-4-7-16(21-11)18(17-8-5-12(2)22-17)13-6-9-15(20-3)14(19)10-13/h4-10,18-19H,1-3H3. The van der Waals surface area contributed by atoms with Crippen molar-refractivity contribution < 1.29 is 18.7 Å². The average Bonchev–Trinajstić information content (AvgIpc) is 3.09. The number of furan rings is 2. The molecule has 0 fully saturated rings. The highest BCUT2D eigenvalue weighted by molar-refractivity contribution is 5.46. The van der Waals surface area contributed by atoms with Gasteiger partial charge >= 0.3 is 0 Å². The summed E-state index contributed by atoms with van der Waals surface area (Å²) in [6.45, 7) is 3.80. The maximum atomic E-state index is 10.1. The van der Waals surface area contributed by atoms with Crippen LogP contribution in [0.2, 0.25) is 0 Å². The fraction of sp³-hybridized carbons (Fsp3) is 0.222. The molecular formula is C18H18O4. The van der Waals surface area contributed by atoms with Gasteiger partial charge in [-0.2, -0.15) is 0 Å². The van der Waals surface area contributed by atoms with Crippen LogP contribution in [-0.2, 0) is 0 Å². The minimum Gasteiger partial charge on any atom is -0.504 e. The Morgan fingerprint density at radius 1 is 0.909 bits per heavy atom. The van der Waals surface area contributed by atoms with Crippen molar-refractivity contribution >= 4 is 0 Å². The molecule has 0 saturated heterocycles. The zero-order valence-electron chi connectivity index (χ0n) is 12.8. The Bertz CT molecular complexity index is 742. The Labute approximate surface area is 129 Å². The van der Waals surface area contributed by atoms with Crippen molar-refractivity contribution in [1.29, 1.82) is 0 Å². The second-order valence-corrected chi connectivity index (χ2v) is 5.26. The van der Waals surface area contributed by atoms with E-state index < -0.39 is 0 Å². The SMILES string of the molecule is COc1ccc(C(c2ccc(C)o2)c2ccc(C)o2)cc1O. The Hall–Kier alpha value is -2.62. The second-order valence-electron chi connectivity index (χ2n) is 5.26. The minimum absolute atomic E-state index is 0.0940. The van der Waals surface area contributed by atoms with Crippen molar-refractivity contribution in [3.63, 3.8) is 0 Å². The largest absolute Gasteiger partial charge is 0.504 e. The monoisotopic (exact) mass is 298 g/mol. The average molecular weight is 298 g/mol. The molecule has 0 aliphatic carbocycles. The number of methoxy groups -OCH3 is 1. The summed E-state index contributed by atoms with van der Waals surface area (Å²) in [7, 11) is 1.53. The first kappa shape index (κ1) is 14.3. The van der Waals surface area contributed by atoms with Crippen molar-refractivity contribution in [2.75, 3.05) is 7.11 Å². The van der Waals surface area contributed by atoms with Gasteiger partial charge in [-0.25, -0.2) is 0 Å². The molecule has 22 heavy (non-hydrogen) atoms. The number of ether oxygens (including phenoxy) is 1. The van der Waals surface area contributed by atoms with Gasteiger partial charge in [0.15, 0.2) is 11.5 Å². The van der Waals surface area contributed by atoms with E-state index in [2.05, 4.69) is 0 Å². The zero-order chi connectivity index (χ0) is 15.7. The molecule has 0 atom stereocenters. The van der Waals surface area contributed by atoms with E-state index in [0.29, 0.717) is 5.75 Å². The van der Waals surface area contributed by atoms with Gasteiger partial charge in [0, 0.05) is 0 Å². The third-order valence-corrected chi connectivity index (χ3v) is 3.63. The number of aromatic hydroxyl groups is 1. The van der Waals surface area contributed by atoms with Crippen molar-refractivity contribution in [1.82, 2.24) is 0 Å². The lowest BCUT2D eigenvalue weighted by molar-refractivity contribution is 0.372. The molecule has 0 aliphatic heterocycles. The fourth-order valence-corrected chi connectivity index (χ4v) is 2.57. The molecule has 1 N–H and O–H groups in total. The van der Waals surface area contributed by atoms with E-state index in [4.69, 9.17) is 13.6 Å². The quantitative estimate of drug-likeness (QED) is 0.776. The van der Waals surface area contributed by atoms with E-state index in [-0.39, 0.29) is 11.7 Å². The Balaban J connectivity index is 2.11. The van der Waals surface area contributed by atoms with Gasteiger partial charge in [-0.15, -0.1) is 0 Å². The van der Waals surface area contributed by atoms with Gasteiger partial charge in [0.2, 0.25) is 0 Å². The predicted octanol–water partition coefficient (Wildman–Crippen LogP) is 4.38. The third kappa shape index (κ3) is 2.60. The highest BCUT2D eigenvalue weighted by Gasteiger charge is 2.24. The molecule has 0 unspecified atom stereocenters. The zero-order valence-corrected chi connectivity index (χ0v) is 12.8. The van der Waals surface area contributed by atoms with Crippen LogP contribution in [0.25, 0.3) is 0 Å². The summed E-state index contributed by atoms with van der Waals surface area (Å²) in [6.07, 6.45) is 0. The number of rotatable bonds is 4. The number of aryl methyl sites for hydroxylation is 2. The topological polar surface area (TPSA) is 55.7 Å². The van der Waals surface area contributed by atoms with Crippen LogP contribution in [0, 0.1) is 13.8 Å². The molecule has 2 aromatic heterocycles. The lowest BCUT2D eigenvalue weighted by atomic mass is 9.93. The van der Waals surface area contributed by atoms with Gasteiger partial charge < -0.3 is 18.7 Å². The second kappa shape index (κ2) is 5.64. The predicted molar refractivity (Wildman–Crippen MR) is 82.5 cm³/mol. The third-order valence-electron chi connectivity index (χ3n) is 3.63. The van der Waals surface area contributed by atoms with Crippen LogP contribution >= 0.6 is 0 Å². The van der Waals surface area contributed by atoms with E-state index in [0.717, 1.165) is 28.6 Å². The molecule has 0 saturated carbocycles. The molecule has 4 nitrogen and oxygen atoms in total. The molecule has 0 spiro atoms. The molecule has 0 amide bonds. The van der Waals surface area contributed by atoms with Gasteiger partial charge in [0.05, 0.1) is 7.11 Å². The molecule has 0 bridgehead atoms. The summed E-state index contributed by atoms with van der Waals surface area (Å²) in [4.78, 5) is 0. The molecule has 3 rings (SSSR count). The van der Waals surface area contributed by atoms with Gasteiger partial charge in [0.1, 0.15) is 29.0 Å². The number of phenolic OH excluding ortho intramolecular Hbond substituents is 1. The van der Waals surface area contributed by atoms with Crippen LogP contribution in [0.1, 0.15) is 34.5 Å². The Morgan fingerprint density at radius 3 is 1.91 bits per heavy atom. The van der Waals surface area contributed by atoms with Crippen LogP contribution < -0.4 is 4.74 Å². The molecule has 0 aliphatic rings. The normalized spacial score (nSPS) is 11.1. The molecule has 4 heteroatoms. The van der Waals surface area contributed by atoms with Gasteiger partial charge in [0.25, 0.3) is 0 Å². The van der Waals surface area contributed by atoms with Gasteiger partial charge in [-0.3, -0.25) is 0 Å². The van der Waals surface area contributed by atoms with E-state index in [1.807, 2.05) is 44.2 Å². The highest BCUT2D eigenvalue weighted by Crippen LogP contribution is 2.37. The van der Waals surface area contributed by atoms with Crippen molar-refractivity contribution in [2.24, 2.45) is 0 Å². The number of phenols is 1. The van der Waals surface area contributed by atoms with E-state index in [1.165, 1.54) is 7.11 Å². The minimum atomic E-state index is -0.209. The van der Waals surface area contributed by atoms with Crippen LogP contribution in [0.4, 0.5) is 0 Å². The van der Waals surface area contributed by atoms with Crippen LogP contribution in [0.15, 0.2) is 51.3 Å². The molecule has 3 aromatic rings. The molecule has 2 heterocycles. The van der Waals surface area contributed by atoms with Crippen molar-refractivity contribution in [3.05, 3.63) is 71.1 Å². The maximum absolute atomic E-state index is 10.1. The lowest BCUT2D eigenvalue weighted by Gasteiger charge is -2.14. The molecule has 114 valence electrons. The highest BCUT2D eigenvalue weighted by atomic mass is 16.5. The smallest absolute Gasteiger partial charge is 0.160 e. The summed E-state index contributed by atoms with van der Waals surface area (Å²) < 4.78 is 16.7. The summed E-state index contributed by atoms with van der Waals surface area (Å²) in [6, 6.07) is 13.0. The van der Waals surface area contributed by atoms with Crippen molar-refractivity contribution in [3.8, 4) is 11.5 Å². The first-order valence-electron chi connectivity index (χ1n) is 7.08. The van der Waals surface area contributed by atoms with Gasteiger partial charge in [-0.1, -0.05) is 6.07 Å². The Kier molecular flexibility index (Phi) is 3.67. The first-order valence-corrected chi connectivity index (χ1v) is 7.08. The first-order chi connectivity index (χ1) is 10.6. The Morgan fingerprint density at radius 2 is 1.50 bits per heavy atom. The van der Waals surface area contributed by atoms with Crippen LogP contribution in [0.5, 0.6) is 11.5 Å². The van der Waals surface area contributed by atoms with Crippen LogP contribution in [-0.4, -0.2) is 12.2 Å². The van der Waals surface area contributed by atoms with E-state index in [1.54, 1.807) is 12.1 Å². The molecule has 0 radical (unpaired) electrons. The number of hydrogen-bond acceptors (Lipinski definition) is 4.